The van der Waals surface area contributed by atoms with Gasteiger partial charge >= 0.3 is 0 Å². The van der Waals surface area contributed by atoms with Crippen molar-refractivity contribution in [1.82, 2.24) is 4.98 Å². The third-order valence-electron chi connectivity index (χ3n) is 2.29. The number of aryl methyl sites for hydroxylation is 1. The fourth-order valence-corrected chi connectivity index (χ4v) is 4.42. The third kappa shape index (κ3) is 2.90. The number of aromatic nitrogens is 1. The molecule has 18 heavy (non-hydrogen) atoms. The van der Waals surface area contributed by atoms with Crippen LogP contribution in [-0.2, 0) is 15.6 Å². The summed E-state index contributed by atoms with van der Waals surface area (Å²) in [6.07, 6.45) is 0. The lowest BCUT2D eigenvalue weighted by atomic mass is 10.3. The molecule has 1 aromatic carbocycles. The van der Waals surface area contributed by atoms with E-state index in [0.717, 1.165) is 10.2 Å². The largest absolute Gasteiger partial charge is 0.398 e. The quantitative estimate of drug-likeness (QED) is 0.867. The Hall–Kier alpha value is -0.920. The van der Waals surface area contributed by atoms with Gasteiger partial charge in [-0.05, 0) is 25.1 Å². The molecular weight excluding hydrogens is 336 g/mol. The van der Waals surface area contributed by atoms with Crippen LogP contribution in [-0.4, -0.2) is 13.4 Å². The predicted octanol–water partition coefficient (Wildman–Crippen LogP) is 2.77. The summed E-state index contributed by atoms with van der Waals surface area (Å²) in [6, 6.07) is 4.76. The Labute approximate surface area is 118 Å². The van der Waals surface area contributed by atoms with Crippen molar-refractivity contribution in [2.45, 2.75) is 17.6 Å². The molecule has 0 fully saturated rings. The van der Waals surface area contributed by atoms with Gasteiger partial charge in [0.2, 0.25) is 0 Å². The Balaban J connectivity index is 2.36. The number of hydrogen-bond acceptors (Lipinski definition) is 5. The van der Waals surface area contributed by atoms with Gasteiger partial charge in [-0.2, -0.15) is 0 Å². The van der Waals surface area contributed by atoms with Crippen LogP contribution in [0.5, 0.6) is 0 Å². The highest BCUT2D eigenvalue weighted by Crippen LogP contribution is 2.26. The molecule has 0 saturated heterocycles. The van der Waals surface area contributed by atoms with Crippen LogP contribution in [0.3, 0.4) is 0 Å². The van der Waals surface area contributed by atoms with Crippen LogP contribution in [0.2, 0.25) is 0 Å². The van der Waals surface area contributed by atoms with Crippen molar-refractivity contribution in [3.05, 3.63) is 38.8 Å². The number of benzene rings is 1. The van der Waals surface area contributed by atoms with Crippen molar-refractivity contribution in [3.63, 3.8) is 0 Å². The molecule has 7 heteroatoms. The van der Waals surface area contributed by atoms with Crippen LogP contribution in [0.25, 0.3) is 0 Å². The SMILES string of the molecule is Cc1csc(CS(=O)(=O)c2ccc(Br)cc2N)n1. The first-order valence-corrected chi connectivity index (χ1v) is 8.40. The van der Waals surface area contributed by atoms with Crippen molar-refractivity contribution in [3.8, 4) is 0 Å². The van der Waals surface area contributed by atoms with Gasteiger partial charge in [0.1, 0.15) is 10.8 Å². The third-order valence-corrected chi connectivity index (χ3v) is 5.62. The van der Waals surface area contributed by atoms with Crippen molar-refractivity contribution in [1.29, 1.82) is 0 Å². The second-order valence-electron chi connectivity index (χ2n) is 3.82. The zero-order valence-electron chi connectivity index (χ0n) is 9.55. The molecule has 0 aliphatic rings. The van der Waals surface area contributed by atoms with Gasteiger partial charge in [0.25, 0.3) is 0 Å². The first-order chi connectivity index (χ1) is 8.38. The van der Waals surface area contributed by atoms with Crippen LogP contribution in [0.1, 0.15) is 10.7 Å². The molecule has 0 radical (unpaired) electrons. The van der Waals surface area contributed by atoms with Gasteiger partial charge in [-0.15, -0.1) is 11.3 Å². The predicted molar refractivity (Wildman–Crippen MR) is 76.3 cm³/mol. The Morgan fingerprint density at radius 1 is 1.44 bits per heavy atom. The van der Waals surface area contributed by atoms with Gasteiger partial charge < -0.3 is 5.73 Å². The van der Waals surface area contributed by atoms with Crippen molar-refractivity contribution >= 4 is 42.8 Å². The van der Waals surface area contributed by atoms with E-state index in [1.165, 1.54) is 17.4 Å². The minimum Gasteiger partial charge on any atom is -0.398 e. The van der Waals surface area contributed by atoms with Crippen molar-refractivity contribution in [2.24, 2.45) is 0 Å². The Bertz CT molecular complexity index is 680. The summed E-state index contributed by atoms with van der Waals surface area (Å²) in [5.74, 6) is -0.114. The van der Waals surface area contributed by atoms with E-state index < -0.39 is 9.84 Å². The molecule has 0 unspecified atom stereocenters. The molecular formula is C11H11BrN2O2S2. The highest BCUT2D eigenvalue weighted by molar-refractivity contribution is 9.10. The molecule has 2 N–H and O–H groups in total. The van der Waals surface area contributed by atoms with E-state index in [1.807, 2.05) is 12.3 Å². The molecule has 0 atom stereocenters. The van der Waals surface area contributed by atoms with Gasteiger partial charge in [-0.3, -0.25) is 0 Å². The average molecular weight is 347 g/mol. The molecule has 2 aromatic rings. The van der Waals surface area contributed by atoms with E-state index in [-0.39, 0.29) is 16.3 Å². The number of halogens is 1. The number of hydrogen-bond donors (Lipinski definition) is 1. The Morgan fingerprint density at radius 2 is 2.17 bits per heavy atom. The molecule has 0 amide bonds. The van der Waals surface area contributed by atoms with E-state index in [1.54, 1.807) is 12.1 Å². The lowest BCUT2D eigenvalue weighted by Crippen LogP contribution is -2.07. The van der Waals surface area contributed by atoms with E-state index >= 15 is 0 Å². The highest BCUT2D eigenvalue weighted by atomic mass is 79.9. The first-order valence-electron chi connectivity index (χ1n) is 5.07. The van der Waals surface area contributed by atoms with E-state index in [4.69, 9.17) is 5.73 Å². The zero-order chi connectivity index (χ0) is 13.3. The number of nitrogen functional groups attached to an aromatic ring is 1. The average Bonchev–Trinajstić information content (AvgIpc) is 2.62. The van der Waals surface area contributed by atoms with Crippen molar-refractivity contribution in [2.75, 3.05) is 5.73 Å². The fraction of sp³-hybridized carbons (Fsp3) is 0.182. The van der Waals surface area contributed by atoms with E-state index in [0.29, 0.717) is 5.01 Å². The molecule has 0 aliphatic carbocycles. The zero-order valence-corrected chi connectivity index (χ0v) is 12.8. The van der Waals surface area contributed by atoms with Crippen LogP contribution >= 0.6 is 27.3 Å². The normalized spacial score (nSPS) is 11.7. The maximum absolute atomic E-state index is 12.2. The maximum Gasteiger partial charge on any atom is 0.186 e. The standard InChI is InChI=1S/C11H11BrN2O2S2/c1-7-5-17-11(14-7)6-18(15,16)10-3-2-8(12)4-9(10)13/h2-5H,6,13H2,1H3. The van der Waals surface area contributed by atoms with Gasteiger partial charge in [-0.25, -0.2) is 13.4 Å². The molecule has 2 rings (SSSR count). The molecule has 0 saturated carbocycles. The number of nitrogens with two attached hydrogens (primary N) is 1. The van der Waals surface area contributed by atoms with Gasteiger partial charge in [0, 0.05) is 15.5 Å². The Morgan fingerprint density at radius 3 is 2.72 bits per heavy atom. The molecule has 96 valence electrons. The molecule has 0 bridgehead atoms. The number of rotatable bonds is 3. The minimum atomic E-state index is -3.45. The van der Waals surface area contributed by atoms with E-state index in [2.05, 4.69) is 20.9 Å². The van der Waals surface area contributed by atoms with Gasteiger partial charge in [-0.1, -0.05) is 15.9 Å². The van der Waals surface area contributed by atoms with Crippen LogP contribution in [0.4, 0.5) is 5.69 Å². The van der Waals surface area contributed by atoms with Crippen LogP contribution in [0, 0.1) is 6.92 Å². The monoisotopic (exact) mass is 346 g/mol. The smallest absolute Gasteiger partial charge is 0.186 e. The van der Waals surface area contributed by atoms with Crippen molar-refractivity contribution < 1.29 is 8.42 Å². The molecule has 1 aromatic heterocycles. The number of sulfone groups is 1. The summed E-state index contributed by atoms with van der Waals surface area (Å²) in [4.78, 5) is 4.31. The lowest BCUT2D eigenvalue weighted by Gasteiger charge is -2.06. The summed E-state index contributed by atoms with van der Waals surface area (Å²) in [6.45, 7) is 1.83. The summed E-state index contributed by atoms with van der Waals surface area (Å²) < 4.78 is 25.2. The Kier molecular flexibility index (Phi) is 3.74. The molecule has 0 aliphatic heterocycles. The topological polar surface area (TPSA) is 73.0 Å². The first kappa shape index (κ1) is 13.5. The minimum absolute atomic E-state index is 0.114. The number of anilines is 1. The summed E-state index contributed by atoms with van der Waals surface area (Å²) in [5.41, 5.74) is 6.82. The highest BCUT2D eigenvalue weighted by Gasteiger charge is 2.20. The lowest BCUT2D eigenvalue weighted by molar-refractivity contribution is 0.595. The second-order valence-corrected chi connectivity index (χ2v) is 7.64. The number of thiazole rings is 1. The second kappa shape index (κ2) is 4.99. The van der Waals surface area contributed by atoms with E-state index in [9.17, 15) is 8.42 Å². The molecule has 1 heterocycles. The summed E-state index contributed by atoms with van der Waals surface area (Å²) in [5, 5.41) is 2.41. The van der Waals surface area contributed by atoms with Gasteiger partial charge in [0.15, 0.2) is 9.84 Å². The molecule has 0 spiro atoms. The summed E-state index contributed by atoms with van der Waals surface area (Å²) in [7, 11) is -3.45. The summed E-state index contributed by atoms with van der Waals surface area (Å²) >= 11 is 4.59. The molecule has 4 nitrogen and oxygen atoms in total. The van der Waals surface area contributed by atoms with Gasteiger partial charge in [0.05, 0.1) is 10.6 Å². The van der Waals surface area contributed by atoms with Crippen LogP contribution in [0.15, 0.2) is 32.9 Å². The maximum atomic E-state index is 12.2. The van der Waals surface area contributed by atoms with Crippen LogP contribution < -0.4 is 5.73 Å². The number of nitrogens with zero attached hydrogens (tertiary/aromatic N) is 1. The fourth-order valence-electron chi connectivity index (χ4n) is 1.51.